The number of fused-ring (bicyclic) bond motifs is 1. The van der Waals surface area contributed by atoms with Crippen molar-refractivity contribution in [1.82, 2.24) is 20.5 Å². The predicted octanol–water partition coefficient (Wildman–Crippen LogP) is 4.62. The molecular formula is C30H24F2IN7O3. The number of nitrogens with zero attached hydrogens (tertiary/aromatic N) is 5. The van der Waals surface area contributed by atoms with Crippen LogP contribution in [0.25, 0.3) is 10.9 Å². The normalized spacial score (nSPS) is 18.6. The van der Waals surface area contributed by atoms with E-state index in [-0.39, 0.29) is 30.1 Å². The van der Waals surface area contributed by atoms with Gasteiger partial charge in [-0.15, -0.1) is 0 Å². The predicted molar refractivity (Wildman–Crippen MR) is 161 cm³/mol. The van der Waals surface area contributed by atoms with Crippen LogP contribution in [0.3, 0.4) is 0 Å². The van der Waals surface area contributed by atoms with E-state index in [0.717, 1.165) is 0 Å². The molecule has 0 spiro atoms. The highest BCUT2D eigenvalue weighted by Gasteiger charge is 2.48. The number of alkyl halides is 2. The number of nitrogens with one attached hydrogen (secondary N) is 2. The zero-order chi connectivity index (χ0) is 30.3. The molecule has 4 aromatic rings. The van der Waals surface area contributed by atoms with Gasteiger partial charge in [0.05, 0.1) is 23.3 Å². The van der Waals surface area contributed by atoms with Crippen molar-refractivity contribution in [3.05, 3.63) is 81.7 Å². The molecule has 3 heterocycles. The summed E-state index contributed by atoms with van der Waals surface area (Å²) >= 11 is 2.08. The van der Waals surface area contributed by atoms with E-state index >= 15 is 0 Å². The van der Waals surface area contributed by atoms with Gasteiger partial charge >= 0.3 is 0 Å². The molecule has 3 amide bonds. The highest BCUT2D eigenvalue weighted by molar-refractivity contribution is 14.1. The number of H-pyrrole nitrogens is 1. The van der Waals surface area contributed by atoms with Gasteiger partial charge in [-0.2, -0.15) is 10.4 Å². The molecular weight excluding hydrogens is 671 g/mol. The van der Waals surface area contributed by atoms with E-state index in [1.165, 1.54) is 28.1 Å². The van der Waals surface area contributed by atoms with Gasteiger partial charge in [0.15, 0.2) is 0 Å². The second-order valence-corrected chi connectivity index (χ2v) is 11.7. The first-order valence-corrected chi connectivity index (χ1v) is 14.6. The number of carbonyl (C=O) groups is 3. The number of anilines is 2. The molecule has 2 aromatic carbocycles. The van der Waals surface area contributed by atoms with Crippen LogP contribution in [0, 0.1) is 14.9 Å². The molecule has 10 nitrogen and oxygen atoms in total. The number of hydrogen-bond acceptors (Lipinski definition) is 6. The van der Waals surface area contributed by atoms with E-state index in [4.69, 9.17) is 0 Å². The van der Waals surface area contributed by atoms with Gasteiger partial charge in [-0.1, -0.05) is 18.2 Å². The van der Waals surface area contributed by atoms with E-state index in [1.807, 2.05) is 6.07 Å². The Morgan fingerprint density at radius 3 is 2.72 bits per heavy atom. The van der Waals surface area contributed by atoms with E-state index in [0.29, 0.717) is 25.7 Å². The van der Waals surface area contributed by atoms with E-state index in [2.05, 4.69) is 43.1 Å². The fourth-order valence-corrected chi connectivity index (χ4v) is 6.29. The smallest absolute Gasteiger partial charge is 0.252 e. The molecule has 218 valence electrons. The maximum Gasteiger partial charge on any atom is 0.252 e. The molecule has 0 bridgehead atoms. The second kappa shape index (κ2) is 11.3. The van der Waals surface area contributed by atoms with Crippen LogP contribution >= 0.6 is 22.6 Å². The molecule has 2 fully saturated rings. The summed E-state index contributed by atoms with van der Waals surface area (Å²) < 4.78 is 28.1. The van der Waals surface area contributed by atoms with E-state index in [9.17, 15) is 28.4 Å². The van der Waals surface area contributed by atoms with Crippen molar-refractivity contribution in [3.63, 3.8) is 0 Å². The Kier molecular flexibility index (Phi) is 7.55. The van der Waals surface area contributed by atoms with Gasteiger partial charge in [0.25, 0.3) is 11.8 Å². The monoisotopic (exact) mass is 695 g/mol. The summed E-state index contributed by atoms with van der Waals surface area (Å²) in [5, 5.41) is 19.7. The Morgan fingerprint density at radius 2 is 1.98 bits per heavy atom. The van der Waals surface area contributed by atoms with Gasteiger partial charge in [0.1, 0.15) is 17.9 Å². The third-order valence-corrected chi connectivity index (χ3v) is 8.68. The number of benzene rings is 2. The highest BCUT2D eigenvalue weighted by atomic mass is 127. The van der Waals surface area contributed by atoms with Gasteiger partial charge in [-0.25, -0.2) is 13.8 Å². The zero-order valence-electron chi connectivity index (χ0n) is 22.5. The fourth-order valence-electron chi connectivity index (χ4n) is 5.61. The minimum absolute atomic E-state index is 0.0559. The van der Waals surface area contributed by atoms with Crippen LogP contribution in [0.15, 0.2) is 67.0 Å². The van der Waals surface area contributed by atoms with Crippen molar-refractivity contribution in [2.24, 2.45) is 0 Å². The lowest BCUT2D eigenvalue weighted by molar-refractivity contribution is -0.133. The molecule has 2 N–H and O–H groups in total. The summed E-state index contributed by atoms with van der Waals surface area (Å²) in [5.74, 6) is -4.23. The number of aromatic nitrogens is 3. The summed E-state index contributed by atoms with van der Waals surface area (Å²) in [4.78, 5) is 48.8. The summed E-state index contributed by atoms with van der Waals surface area (Å²) in [5.41, 5.74) is 1.83. The standard InChI is InChI=1S/C30H24F2IN7O3/c31-30(32)13-19(14-30)37-28(42)27(21-3-1-2-4-22(21)33)39(20-5-6-23-18(12-20)16-36-38-23)29(43)24-7-8-26(41)40(24)25-11-17(15-34)9-10-35-25/h1-6,9-12,16,19,24,27H,7-8,13-14H2,(H,36,38)(H,37,42)/t24-,27-/m0/s1. The molecule has 0 radical (unpaired) electrons. The number of nitriles is 1. The van der Waals surface area contributed by atoms with Gasteiger partial charge in [-0.05, 0) is 71.0 Å². The third kappa shape index (κ3) is 5.54. The van der Waals surface area contributed by atoms with Crippen molar-refractivity contribution in [2.45, 2.75) is 49.7 Å². The Labute approximate surface area is 258 Å². The lowest BCUT2D eigenvalue weighted by Crippen LogP contribution is -2.56. The molecule has 2 aliphatic rings. The first-order chi connectivity index (χ1) is 20.6. The minimum Gasteiger partial charge on any atom is -0.351 e. The Bertz CT molecular complexity index is 1780. The number of carbonyl (C=O) groups excluding carboxylic acids is 3. The number of pyridine rings is 1. The number of halogens is 3. The molecule has 0 unspecified atom stereocenters. The van der Waals surface area contributed by atoms with Crippen LogP contribution < -0.4 is 15.1 Å². The van der Waals surface area contributed by atoms with Crippen LogP contribution in [0.5, 0.6) is 0 Å². The van der Waals surface area contributed by atoms with Crippen molar-refractivity contribution in [1.29, 1.82) is 5.26 Å². The zero-order valence-corrected chi connectivity index (χ0v) is 24.7. The maximum atomic E-state index is 14.7. The number of rotatable bonds is 7. The van der Waals surface area contributed by atoms with Gasteiger partial charge in [0, 0.05) is 46.1 Å². The molecule has 43 heavy (non-hydrogen) atoms. The van der Waals surface area contributed by atoms with Crippen LogP contribution in [0.1, 0.15) is 42.9 Å². The topological polar surface area (TPSA) is 135 Å². The van der Waals surface area contributed by atoms with Crippen LogP contribution in [-0.2, 0) is 14.4 Å². The van der Waals surface area contributed by atoms with Crippen LogP contribution in [0.2, 0.25) is 0 Å². The van der Waals surface area contributed by atoms with Crippen molar-refractivity contribution >= 4 is 62.7 Å². The Hall–Kier alpha value is -4.45. The highest BCUT2D eigenvalue weighted by Crippen LogP contribution is 2.39. The molecule has 1 saturated heterocycles. The molecule has 13 heteroatoms. The number of aromatic amines is 1. The molecule has 1 aliphatic heterocycles. The number of hydrogen-bond donors (Lipinski definition) is 2. The third-order valence-electron chi connectivity index (χ3n) is 7.70. The average Bonchev–Trinajstić information content (AvgIpc) is 3.61. The SMILES string of the molecule is N#Cc1ccnc(N2C(=O)CC[C@H]2C(=O)N(c2ccc3[nH]ncc3c2)[C@H](C(=O)NC2CC(F)(F)C2)c2ccccc2I)c1. The van der Waals surface area contributed by atoms with Crippen LogP contribution in [-0.4, -0.2) is 50.9 Å². The lowest BCUT2D eigenvalue weighted by atomic mass is 9.87. The average molecular weight is 695 g/mol. The van der Waals surface area contributed by atoms with Crippen molar-refractivity contribution in [2.75, 3.05) is 9.80 Å². The Morgan fingerprint density at radius 1 is 1.19 bits per heavy atom. The van der Waals surface area contributed by atoms with E-state index < -0.39 is 48.7 Å². The van der Waals surface area contributed by atoms with Gasteiger partial charge in [-0.3, -0.25) is 29.3 Å². The van der Waals surface area contributed by atoms with Crippen LogP contribution in [0.4, 0.5) is 20.3 Å². The van der Waals surface area contributed by atoms with Gasteiger partial charge < -0.3 is 5.32 Å². The second-order valence-electron chi connectivity index (χ2n) is 10.6. The summed E-state index contributed by atoms with van der Waals surface area (Å²) in [6.45, 7) is 0. The van der Waals surface area contributed by atoms with Crippen molar-refractivity contribution < 1.29 is 23.2 Å². The molecule has 1 saturated carbocycles. The summed E-state index contributed by atoms with van der Waals surface area (Å²) in [6.07, 6.45) is 2.21. The quantitative estimate of drug-likeness (QED) is 0.271. The van der Waals surface area contributed by atoms with E-state index in [1.54, 1.807) is 48.7 Å². The number of amides is 3. The minimum atomic E-state index is -2.86. The summed E-state index contributed by atoms with van der Waals surface area (Å²) in [6, 6.07) is 14.0. The molecule has 1 aliphatic carbocycles. The maximum absolute atomic E-state index is 14.7. The fraction of sp³-hybridized carbons (Fsp3) is 0.267. The lowest BCUT2D eigenvalue weighted by Gasteiger charge is -2.39. The van der Waals surface area contributed by atoms with Gasteiger partial charge in [0.2, 0.25) is 11.8 Å². The largest absolute Gasteiger partial charge is 0.351 e. The molecule has 2 aromatic heterocycles. The Balaban J connectivity index is 1.47. The first kappa shape index (κ1) is 28.7. The first-order valence-electron chi connectivity index (χ1n) is 13.5. The molecule has 6 rings (SSSR count). The van der Waals surface area contributed by atoms with Crippen molar-refractivity contribution in [3.8, 4) is 6.07 Å². The summed E-state index contributed by atoms with van der Waals surface area (Å²) in [7, 11) is 0. The molecule has 2 atom stereocenters.